The summed E-state index contributed by atoms with van der Waals surface area (Å²) in [6.45, 7) is 0.373. The zero-order valence-corrected chi connectivity index (χ0v) is 14.4. The molecule has 23 heavy (non-hydrogen) atoms. The fraction of sp³-hybridized carbons (Fsp3) is 0.429. The Balaban J connectivity index is 1.88. The number of carbonyl (C=O) groups is 1. The maximum atomic E-state index is 13.0. The van der Waals surface area contributed by atoms with Crippen LogP contribution in [-0.4, -0.2) is 53.1 Å². The molecule has 2 aliphatic heterocycles. The van der Waals surface area contributed by atoms with Crippen LogP contribution in [-0.2, 0) is 21.2 Å². The van der Waals surface area contributed by atoms with Gasteiger partial charge in [-0.1, -0.05) is 23.9 Å². The van der Waals surface area contributed by atoms with Gasteiger partial charge in [-0.25, -0.2) is 12.8 Å². The topological polar surface area (TPSA) is 66.8 Å². The van der Waals surface area contributed by atoms with E-state index in [0.29, 0.717) is 11.7 Å². The average Bonchev–Trinajstić information content (AvgIpc) is 2.94. The number of sulfone groups is 1. The van der Waals surface area contributed by atoms with Crippen molar-refractivity contribution < 1.29 is 17.6 Å². The Hall–Kier alpha value is -1.12. The third kappa shape index (κ3) is 3.70. The summed E-state index contributed by atoms with van der Waals surface area (Å²) in [5.41, 5.74) is 0.822. The van der Waals surface area contributed by atoms with Gasteiger partial charge in [-0.05, 0) is 17.7 Å². The van der Waals surface area contributed by atoms with Gasteiger partial charge in [0, 0.05) is 11.8 Å². The van der Waals surface area contributed by atoms with Gasteiger partial charge in [0.15, 0.2) is 15.0 Å². The number of nitrogens with zero attached hydrogens (tertiary/aromatic N) is 2. The molecule has 2 atom stereocenters. The van der Waals surface area contributed by atoms with Crippen LogP contribution in [0.3, 0.4) is 0 Å². The Morgan fingerprint density at radius 2 is 2.04 bits per heavy atom. The molecule has 0 N–H and O–H groups in total. The normalized spacial score (nSPS) is 27.4. The van der Waals surface area contributed by atoms with E-state index < -0.39 is 15.7 Å². The molecule has 2 heterocycles. The molecular formula is C14H14ClFN2O3S2. The molecule has 0 unspecified atom stereocenters. The summed E-state index contributed by atoms with van der Waals surface area (Å²) < 4.78 is 36.7. The number of alkyl halides is 1. The number of rotatable bonds is 3. The van der Waals surface area contributed by atoms with Crippen LogP contribution >= 0.6 is 23.4 Å². The third-order valence-electron chi connectivity index (χ3n) is 3.78. The molecule has 0 aliphatic carbocycles. The highest BCUT2D eigenvalue weighted by molar-refractivity contribution is 8.15. The maximum absolute atomic E-state index is 13.0. The number of thioether (sulfide) groups is 1. The number of benzene rings is 1. The molecule has 2 saturated heterocycles. The number of hydrogen-bond acceptors (Lipinski definition) is 4. The summed E-state index contributed by atoms with van der Waals surface area (Å²) in [5, 5.41) is 0.354. The van der Waals surface area contributed by atoms with Crippen molar-refractivity contribution in [1.29, 1.82) is 0 Å². The molecule has 2 aliphatic rings. The number of carbonyl (C=O) groups excluding carboxylic acids is 1. The minimum absolute atomic E-state index is 0.0416. The third-order valence-corrected chi connectivity index (χ3v) is 7.25. The van der Waals surface area contributed by atoms with Crippen LogP contribution in [0.1, 0.15) is 5.56 Å². The summed E-state index contributed by atoms with van der Waals surface area (Å²) >= 11 is 6.80. The Morgan fingerprint density at radius 1 is 1.35 bits per heavy atom. The van der Waals surface area contributed by atoms with E-state index in [2.05, 4.69) is 4.99 Å². The van der Waals surface area contributed by atoms with Crippen molar-refractivity contribution in [2.24, 2.45) is 4.99 Å². The minimum atomic E-state index is -3.08. The van der Waals surface area contributed by atoms with E-state index in [9.17, 15) is 17.6 Å². The van der Waals surface area contributed by atoms with Crippen LogP contribution in [0.15, 0.2) is 29.3 Å². The summed E-state index contributed by atoms with van der Waals surface area (Å²) in [7, 11) is -3.08. The maximum Gasteiger partial charge on any atom is 0.262 e. The minimum Gasteiger partial charge on any atom is -0.342 e. The molecule has 0 radical (unpaired) electrons. The highest BCUT2D eigenvalue weighted by Gasteiger charge is 2.48. The molecule has 0 aromatic heterocycles. The number of amides is 1. The molecule has 0 bridgehead atoms. The molecule has 124 valence electrons. The Morgan fingerprint density at radius 3 is 2.70 bits per heavy atom. The smallest absolute Gasteiger partial charge is 0.262 e. The highest BCUT2D eigenvalue weighted by atomic mass is 35.5. The quantitative estimate of drug-likeness (QED) is 0.750. The molecule has 2 fully saturated rings. The van der Waals surface area contributed by atoms with Gasteiger partial charge in [0.2, 0.25) is 0 Å². The standard InChI is InChI=1S/C14H14ClFN2O3S2/c15-5-13(19)17-14-18(6-9-1-3-10(16)4-2-9)11-7-23(20,21)8-12(11)22-14/h1-4,11-12H,5-8H2/t11-,12-/m0/s1. The van der Waals surface area contributed by atoms with Gasteiger partial charge >= 0.3 is 0 Å². The molecule has 1 aromatic carbocycles. The van der Waals surface area contributed by atoms with E-state index in [4.69, 9.17) is 11.6 Å². The largest absolute Gasteiger partial charge is 0.342 e. The molecule has 0 spiro atoms. The average molecular weight is 377 g/mol. The SMILES string of the molecule is O=C(CCl)N=C1S[C@H]2CS(=O)(=O)C[C@@H]2N1Cc1ccc(F)cc1. The van der Waals surface area contributed by atoms with Crippen molar-refractivity contribution in [2.45, 2.75) is 17.8 Å². The molecule has 3 rings (SSSR count). The lowest BCUT2D eigenvalue weighted by molar-refractivity contribution is -0.115. The van der Waals surface area contributed by atoms with E-state index >= 15 is 0 Å². The van der Waals surface area contributed by atoms with Crippen molar-refractivity contribution in [2.75, 3.05) is 17.4 Å². The molecule has 5 nitrogen and oxygen atoms in total. The van der Waals surface area contributed by atoms with Gasteiger partial charge in [0.05, 0.1) is 17.5 Å². The molecule has 1 aromatic rings. The Labute approximate surface area is 142 Å². The summed E-state index contributed by atoms with van der Waals surface area (Å²) in [4.78, 5) is 17.3. The fourth-order valence-corrected chi connectivity index (χ4v) is 6.77. The zero-order chi connectivity index (χ0) is 16.6. The predicted molar refractivity (Wildman–Crippen MR) is 88.9 cm³/mol. The lowest BCUT2D eigenvalue weighted by Crippen LogP contribution is -2.37. The number of halogens is 2. The second-order valence-electron chi connectivity index (χ2n) is 5.48. The van der Waals surface area contributed by atoms with Gasteiger partial charge in [0.1, 0.15) is 11.7 Å². The predicted octanol–water partition coefficient (Wildman–Crippen LogP) is 1.66. The van der Waals surface area contributed by atoms with Crippen LogP contribution in [0.4, 0.5) is 4.39 Å². The summed E-state index contributed by atoms with van der Waals surface area (Å²) in [6.07, 6.45) is 0. The van der Waals surface area contributed by atoms with Crippen molar-refractivity contribution in [1.82, 2.24) is 4.90 Å². The van der Waals surface area contributed by atoms with Gasteiger partial charge in [0.25, 0.3) is 5.91 Å². The summed E-state index contributed by atoms with van der Waals surface area (Å²) in [5.74, 6) is -0.892. The molecule has 1 amide bonds. The van der Waals surface area contributed by atoms with E-state index in [1.807, 2.05) is 4.90 Å². The Bertz CT molecular complexity index is 752. The first-order chi connectivity index (χ1) is 10.9. The lowest BCUT2D eigenvalue weighted by atomic mass is 10.1. The summed E-state index contributed by atoms with van der Waals surface area (Å²) in [6, 6.07) is 5.75. The van der Waals surface area contributed by atoms with Crippen LogP contribution in [0.5, 0.6) is 0 Å². The van der Waals surface area contributed by atoms with E-state index in [1.165, 1.54) is 23.9 Å². The Kier molecular flexibility index (Phi) is 4.66. The lowest BCUT2D eigenvalue weighted by Gasteiger charge is -2.24. The molecule has 9 heteroatoms. The molecule has 0 saturated carbocycles. The number of aliphatic imine (C=N–C) groups is 1. The number of amidine groups is 1. The zero-order valence-electron chi connectivity index (χ0n) is 12.0. The first kappa shape index (κ1) is 16.7. The first-order valence-corrected chi connectivity index (χ1v) is 10.2. The van der Waals surface area contributed by atoms with Gasteiger partial charge < -0.3 is 4.90 Å². The van der Waals surface area contributed by atoms with Crippen LogP contribution in [0.2, 0.25) is 0 Å². The monoisotopic (exact) mass is 376 g/mol. The highest BCUT2D eigenvalue weighted by Crippen LogP contribution is 2.39. The van der Waals surface area contributed by atoms with Crippen molar-refractivity contribution in [3.63, 3.8) is 0 Å². The first-order valence-electron chi connectivity index (χ1n) is 6.93. The number of fused-ring (bicyclic) bond motifs is 1. The number of hydrogen-bond donors (Lipinski definition) is 0. The van der Waals surface area contributed by atoms with E-state index in [-0.39, 0.29) is 34.5 Å². The van der Waals surface area contributed by atoms with E-state index in [1.54, 1.807) is 12.1 Å². The van der Waals surface area contributed by atoms with Gasteiger partial charge in [-0.2, -0.15) is 4.99 Å². The van der Waals surface area contributed by atoms with Crippen molar-refractivity contribution in [3.05, 3.63) is 35.6 Å². The van der Waals surface area contributed by atoms with Crippen LogP contribution in [0.25, 0.3) is 0 Å². The van der Waals surface area contributed by atoms with Gasteiger partial charge in [-0.3, -0.25) is 4.79 Å². The second kappa shape index (κ2) is 6.41. The van der Waals surface area contributed by atoms with Crippen LogP contribution in [0, 0.1) is 5.82 Å². The van der Waals surface area contributed by atoms with E-state index in [0.717, 1.165) is 5.56 Å². The molecular weight excluding hydrogens is 363 g/mol. The van der Waals surface area contributed by atoms with Crippen molar-refractivity contribution in [3.8, 4) is 0 Å². The van der Waals surface area contributed by atoms with Gasteiger partial charge in [-0.15, -0.1) is 11.6 Å². The second-order valence-corrected chi connectivity index (χ2v) is 9.10. The van der Waals surface area contributed by atoms with Crippen LogP contribution < -0.4 is 0 Å². The fourth-order valence-electron chi connectivity index (χ4n) is 2.74. The van der Waals surface area contributed by atoms with Crippen molar-refractivity contribution >= 4 is 44.3 Å².